The van der Waals surface area contributed by atoms with Gasteiger partial charge in [-0.1, -0.05) is 0 Å². The monoisotopic (exact) mass is 457 g/mol. The largest absolute Gasteiger partial charge is 0.494 e. The highest BCUT2D eigenvalue weighted by molar-refractivity contribution is 5.95. The van der Waals surface area contributed by atoms with Crippen LogP contribution in [0.5, 0.6) is 17.2 Å². The van der Waals surface area contributed by atoms with E-state index in [2.05, 4.69) is 15.5 Å². The highest BCUT2D eigenvalue weighted by Crippen LogP contribution is 2.28. The van der Waals surface area contributed by atoms with Crippen LogP contribution in [0.3, 0.4) is 0 Å². The van der Waals surface area contributed by atoms with E-state index in [1.54, 1.807) is 42.5 Å². The Hall–Kier alpha value is -3.30. The van der Waals surface area contributed by atoms with E-state index in [-0.39, 0.29) is 18.4 Å². The van der Waals surface area contributed by atoms with Crippen molar-refractivity contribution in [3.05, 3.63) is 48.0 Å². The van der Waals surface area contributed by atoms with Crippen LogP contribution in [-0.2, 0) is 9.53 Å². The Kier molecular flexibility index (Phi) is 9.34. The molecular formula is C24H31N3O6. The molecule has 0 atom stereocenters. The van der Waals surface area contributed by atoms with Crippen molar-refractivity contribution >= 4 is 17.5 Å². The molecule has 0 spiro atoms. The molecule has 1 fully saturated rings. The number of anilines is 1. The Morgan fingerprint density at radius 2 is 1.79 bits per heavy atom. The van der Waals surface area contributed by atoms with E-state index in [4.69, 9.17) is 18.9 Å². The van der Waals surface area contributed by atoms with Gasteiger partial charge in [-0.2, -0.15) is 0 Å². The number of carbonyl (C=O) groups is 2. The van der Waals surface area contributed by atoms with E-state index < -0.39 is 0 Å². The van der Waals surface area contributed by atoms with E-state index in [1.165, 1.54) is 7.11 Å². The van der Waals surface area contributed by atoms with E-state index in [0.717, 1.165) is 38.6 Å². The smallest absolute Gasteiger partial charge is 0.262 e. The zero-order chi connectivity index (χ0) is 23.5. The normalized spacial score (nSPS) is 13.8. The molecule has 0 aromatic heterocycles. The molecule has 0 unspecified atom stereocenters. The lowest BCUT2D eigenvalue weighted by atomic mass is 10.2. The molecule has 2 amide bonds. The second-order valence-electron chi connectivity index (χ2n) is 7.37. The van der Waals surface area contributed by atoms with Gasteiger partial charge in [-0.25, -0.2) is 0 Å². The van der Waals surface area contributed by atoms with Crippen LogP contribution >= 0.6 is 0 Å². The summed E-state index contributed by atoms with van der Waals surface area (Å²) in [5.41, 5.74) is 1.10. The van der Waals surface area contributed by atoms with Gasteiger partial charge in [-0.3, -0.25) is 14.5 Å². The highest BCUT2D eigenvalue weighted by Gasteiger charge is 2.14. The number of hydrogen-bond donors (Lipinski definition) is 2. The summed E-state index contributed by atoms with van der Waals surface area (Å²) >= 11 is 0. The summed E-state index contributed by atoms with van der Waals surface area (Å²) in [5, 5.41) is 5.68. The predicted octanol–water partition coefficient (Wildman–Crippen LogP) is 2.17. The summed E-state index contributed by atoms with van der Waals surface area (Å²) in [6, 6.07) is 12.0. The lowest BCUT2D eigenvalue weighted by Crippen LogP contribution is -2.41. The van der Waals surface area contributed by atoms with Gasteiger partial charge in [0, 0.05) is 37.4 Å². The van der Waals surface area contributed by atoms with Gasteiger partial charge in [0.05, 0.1) is 26.9 Å². The van der Waals surface area contributed by atoms with Crippen LogP contribution in [0.1, 0.15) is 17.3 Å². The van der Waals surface area contributed by atoms with E-state index in [0.29, 0.717) is 35.9 Å². The fourth-order valence-electron chi connectivity index (χ4n) is 3.32. The number of morpholine rings is 1. The van der Waals surface area contributed by atoms with E-state index >= 15 is 0 Å². The van der Waals surface area contributed by atoms with Crippen LogP contribution in [0.25, 0.3) is 0 Å². The number of benzene rings is 2. The molecule has 2 aromatic carbocycles. The molecule has 33 heavy (non-hydrogen) atoms. The molecule has 1 aliphatic heterocycles. The Morgan fingerprint density at radius 3 is 2.48 bits per heavy atom. The summed E-state index contributed by atoms with van der Waals surface area (Å²) in [6.07, 6.45) is 0. The number of hydrogen-bond acceptors (Lipinski definition) is 7. The van der Waals surface area contributed by atoms with Crippen molar-refractivity contribution in [3.63, 3.8) is 0 Å². The van der Waals surface area contributed by atoms with Crippen molar-refractivity contribution < 1.29 is 28.5 Å². The van der Waals surface area contributed by atoms with Crippen LogP contribution < -0.4 is 24.8 Å². The first-order chi connectivity index (χ1) is 16.1. The molecule has 0 radical (unpaired) electrons. The lowest BCUT2D eigenvalue weighted by molar-refractivity contribution is -0.118. The van der Waals surface area contributed by atoms with E-state index in [1.807, 2.05) is 6.92 Å². The minimum absolute atomic E-state index is 0.193. The third-order valence-corrected chi connectivity index (χ3v) is 5.05. The van der Waals surface area contributed by atoms with Gasteiger partial charge in [-0.05, 0) is 49.4 Å². The third-order valence-electron chi connectivity index (χ3n) is 5.05. The minimum Gasteiger partial charge on any atom is -0.494 e. The first-order valence-electron chi connectivity index (χ1n) is 11.0. The van der Waals surface area contributed by atoms with Crippen LogP contribution in [0.15, 0.2) is 42.5 Å². The maximum Gasteiger partial charge on any atom is 0.262 e. The molecule has 178 valence electrons. The van der Waals surface area contributed by atoms with Gasteiger partial charge in [0.2, 0.25) is 0 Å². The molecule has 1 saturated heterocycles. The number of carbonyl (C=O) groups excluding carboxylic acids is 2. The molecular weight excluding hydrogens is 426 g/mol. The molecule has 0 saturated carbocycles. The summed E-state index contributed by atoms with van der Waals surface area (Å²) in [5.74, 6) is 0.989. The Morgan fingerprint density at radius 1 is 1.03 bits per heavy atom. The average Bonchev–Trinajstić information content (AvgIpc) is 2.84. The number of methoxy groups -OCH3 is 1. The zero-order valence-corrected chi connectivity index (χ0v) is 19.1. The lowest BCUT2D eigenvalue weighted by Gasteiger charge is -2.26. The van der Waals surface area contributed by atoms with Crippen LogP contribution in [-0.4, -0.2) is 76.4 Å². The topological polar surface area (TPSA) is 98.4 Å². The first-order valence-corrected chi connectivity index (χ1v) is 11.0. The second-order valence-corrected chi connectivity index (χ2v) is 7.37. The van der Waals surface area contributed by atoms with Crippen LogP contribution in [0, 0.1) is 0 Å². The fourth-order valence-corrected chi connectivity index (χ4v) is 3.32. The molecule has 0 aliphatic carbocycles. The van der Waals surface area contributed by atoms with Crippen molar-refractivity contribution in [3.8, 4) is 17.2 Å². The highest BCUT2D eigenvalue weighted by atomic mass is 16.5. The molecule has 9 heteroatoms. The quantitative estimate of drug-likeness (QED) is 0.534. The maximum absolute atomic E-state index is 12.5. The summed E-state index contributed by atoms with van der Waals surface area (Å²) in [6.45, 7) is 6.82. The van der Waals surface area contributed by atoms with E-state index in [9.17, 15) is 9.59 Å². The molecule has 0 bridgehead atoms. The van der Waals surface area contributed by atoms with Gasteiger partial charge in [0.15, 0.2) is 18.1 Å². The van der Waals surface area contributed by atoms with Crippen molar-refractivity contribution in [1.29, 1.82) is 0 Å². The van der Waals surface area contributed by atoms with Gasteiger partial charge in [-0.15, -0.1) is 0 Å². The van der Waals surface area contributed by atoms with Crippen LogP contribution in [0.4, 0.5) is 5.69 Å². The standard InChI is InChI=1S/C24H31N3O6/c1-3-32-20-7-5-19(6-8-20)26-23(28)17-33-21-9-4-18(16-22(21)30-2)24(29)25-10-11-27-12-14-31-15-13-27/h4-9,16H,3,10-15,17H2,1-2H3,(H,25,29)(H,26,28). The number of ether oxygens (including phenoxy) is 4. The van der Waals surface area contributed by atoms with Crippen molar-refractivity contribution in [2.24, 2.45) is 0 Å². The molecule has 3 rings (SSSR count). The predicted molar refractivity (Wildman–Crippen MR) is 124 cm³/mol. The number of amides is 2. The van der Waals surface area contributed by atoms with Crippen LogP contribution in [0.2, 0.25) is 0 Å². The molecule has 2 aromatic rings. The summed E-state index contributed by atoms with van der Waals surface area (Å²) < 4.78 is 21.7. The minimum atomic E-state index is -0.314. The molecule has 2 N–H and O–H groups in total. The van der Waals surface area contributed by atoms with Gasteiger partial charge >= 0.3 is 0 Å². The van der Waals surface area contributed by atoms with Crippen molar-refractivity contribution in [1.82, 2.24) is 10.2 Å². The number of nitrogens with zero attached hydrogens (tertiary/aromatic N) is 1. The first kappa shape index (κ1) is 24.3. The zero-order valence-electron chi connectivity index (χ0n) is 19.1. The maximum atomic E-state index is 12.5. The molecule has 9 nitrogen and oxygen atoms in total. The SMILES string of the molecule is CCOc1ccc(NC(=O)COc2ccc(C(=O)NCCN3CCOCC3)cc2OC)cc1. The van der Waals surface area contributed by atoms with Crippen molar-refractivity contribution in [2.75, 3.05) is 65.0 Å². The molecule has 1 aliphatic rings. The number of nitrogens with one attached hydrogen (secondary N) is 2. The Bertz CT molecular complexity index is 913. The Balaban J connectivity index is 1.48. The summed E-state index contributed by atoms with van der Waals surface area (Å²) in [4.78, 5) is 27.0. The molecule has 1 heterocycles. The fraction of sp³-hybridized carbons (Fsp3) is 0.417. The van der Waals surface area contributed by atoms with Crippen molar-refractivity contribution in [2.45, 2.75) is 6.92 Å². The third kappa shape index (κ3) is 7.65. The van der Waals surface area contributed by atoms with Gasteiger partial charge in [0.1, 0.15) is 5.75 Å². The summed E-state index contributed by atoms with van der Waals surface area (Å²) in [7, 11) is 1.49. The number of rotatable bonds is 11. The average molecular weight is 458 g/mol. The van der Waals surface area contributed by atoms with Gasteiger partial charge in [0.25, 0.3) is 11.8 Å². The van der Waals surface area contributed by atoms with Gasteiger partial charge < -0.3 is 29.6 Å². The Labute approximate surface area is 193 Å². The second kappa shape index (κ2) is 12.7.